The Morgan fingerprint density at radius 1 is 1.03 bits per heavy atom. The number of fused-ring (bicyclic) bond motifs is 3. The normalized spacial score (nSPS) is 15.3. The molecule has 0 aliphatic heterocycles. The molecule has 2 heterocycles. The van der Waals surface area contributed by atoms with Crippen LogP contribution in [0.4, 0.5) is 0 Å². The highest BCUT2D eigenvalue weighted by atomic mass is 16.5. The van der Waals surface area contributed by atoms with E-state index in [0.717, 1.165) is 41.4 Å². The Morgan fingerprint density at radius 3 is 2.60 bits per heavy atom. The van der Waals surface area contributed by atoms with Gasteiger partial charge in [-0.3, -0.25) is 0 Å². The summed E-state index contributed by atoms with van der Waals surface area (Å²) in [6, 6.07) is 21.6. The van der Waals surface area contributed by atoms with E-state index in [4.69, 9.17) is 14.1 Å². The number of hydrogen-bond acceptors (Lipinski definition) is 4. The van der Waals surface area contributed by atoms with Crippen molar-refractivity contribution in [2.45, 2.75) is 39.2 Å². The number of pyridine rings is 1. The molecule has 2 aromatic heterocycles. The first-order chi connectivity index (χ1) is 17.0. The molecule has 5 aromatic rings. The fourth-order valence-electron chi connectivity index (χ4n) is 5.19. The quantitative estimate of drug-likeness (QED) is 0.314. The minimum Gasteiger partial charge on any atom is -0.489 e. The van der Waals surface area contributed by atoms with E-state index in [1.54, 1.807) is 6.07 Å². The fourth-order valence-corrected chi connectivity index (χ4v) is 5.19. The van der Waals surface area contributed by atoms with E-state index in [0.29, 0.717) is 28.1 Å². The number of ether oxygens (including phenoxy) is 1. The number of hydrogen-bond donors (Lipinski definition) is 1. The lowest BCUT2D eigenvalue weighted by Gasteiger charge is -2.26. The second kappa shape index (κ2) is 8.27. The molecule has 0 fully saturated rings. The van der Waals surface area contributed by atoms with Crippen molar-refractivity contribution < 1.29 is 19.1 Å². The minimum absolute atomic E-state index is 0.0188. The molecule has 1 atom stereocenters. The van der Waals surface area contributed by atoms with Crippen molar-refractivity contribution in [3.05, 3.63) is 94.5 Å². The van der Waals surface area contributed by atoms with Crippen LogP contribution < -0.4 is 4.74 Å². The summed E-state index contributed by atoms with van der Waals surface area (Å²) in [5.74, 6) is 0.134. The number of aromatic carboxylic acids is 1. The molecule has 1 N–H and O–H groups in total. The third kappa shape index (κ3) is 3.64. The van der Waals surface area contributed by atoms with Crippen LogP contribution in [-0.2, 0) is 12.8 Å². The lowest BCUT2D eigenvalue weighted by atomic mass is 9.90. The van der Waals surface area contributed by atoms with Crippen molar-refractivity contribution in [2.24, 2.45) is 0 Å². The van der Waals surface area contributed by atoms with Crippen LogP contribution in [0.5, 0.6) is 5.75 Å². The zero-order valence-electron chi connectivity index (χ0n) is 19.7. The maximum Gasteiger partial charge on any atom is 0.336 e. The Hall–Kier alpha value is -4.12. The molecule has 0 spiro atoms. The number of carboxylic acids is 1. The summed E-state index contributed by atoms with van der Waals surface area (Å²) in [7, 11) is 0. The summed E-state index contributed by atoms with van der Waals surface area (Å²) in [4.78, 5) is 17.4. The van der Waals surface area contributed by atoms with Crippen LogP contribution >= 0.6 is 0 Å². The van der Waals surface area contributed by atoms with Gasteiger partial charge in [0.05, 0.1) is 16.5 Å². The molecule has 5 heteroatoms. The van der Waals surface area contributed by atoms with Gasteiger partial charge in [-0.1, -0.05) is 48.5 Å². The molecular weight excluding hydrogens is 438 g/mol. The maximum absolute atomic E-state index is 12.5. The standard InChI is InChI=1S/C30H25NO4/c1-17-11-14-26(34-21-13-12-19-7-3-4-8-20(19)15-21)27-23(30(32)33)16-24(31-28(17)27)29-18(2)22-9-5-6-10-25(22)35-29/h3-11,14,16,21H,12-13,15H2,1-2H3,(H,32,33)/t21-/m1/s1. The zero-order valence-corrected chi connectivity index (χ0v) is 19.7. The molecule has 3 aromatic carbocycles. The van der Waals surface area contributed by atoms with Gasteiger partial charge in [0.25, 0.3) is 0 Å². The van der Waals surface area contributed by atoms with Crippen LogP contribution in [0.1, 0.15) is 39.0 Å². The van der Waals surface area contributed by atoms with Crippen LogP contribution in [0.25, 0.3) is 33.3 Å². The first-order valence-corrected chi connectivity index (χ1v) is 11.9. The largest absolute Gasteiger partial charge is 0.489 e. The zero-order chi connectivity index (χ0) is 24.1. The second-order valence-electron chi connectivity index (χ2n) is 9.27. The van der Waals surface area contributed by atoms with Crippen molar-refractivity contribution in [3.8, 4) is 17.2 Å². The van der Waals surface area contributed by atoms with Gasteiger partial charge in [-0.2, -0.15) is 0 Å². The summed E-state index contributed by atoms with van der Waals surface area (Å²) < 4.78 is 12.6. The summed E-state index contributed by atoms with van der Waals surface area (Å²) in [5, 5.41) is 11.7. The predicted octanol–water partition coefficient (Wildman–Crippen LogP) is 6.90. The third-order valence-electron chi connectivity index (χ3n) is 7.03. The Labute approximate surface area is 203 Å². The van der Waals surface area contributed by atoms with Crippen molar-refractivity contribution in [1.29, 1.82) is 0 Å². The molecular formula is C30H25NO4. The lowest BCUT2D eigenvalue weighted by molar-refractivity contribution is 0.0698. The van der Waals surface area contributed by atoms with E-state index < -0.39 is 5.97 Å². The lowest BCUT2D eigenvalue weighted by Crippen LogP contribution is -2.25. The number of para-hydroxylation sites is 1. The van der Waals surface area contributed by atoms with Gasteiger partial charge in [0.15, 0.2) is 5.76 Å². The molecule has 6 rings (SSSR count). The van der Waals surface area contributed by atoms with Gasteiger partial charge in [-0.05, 0) is 61.6 Å². The fraction of sp³-hybridized carbons (Fsp3) is 0.200. The average molecular weight is 464 g/mol. The molecule has 0 saturated carbocycles. The van der Waals surface area contributed by atoms with Crippen molar-refractivity contribution in [3.63, 3.8) is 0 Å². The van der Waals surface area contributed by atoms with Gasteiger partial charge >= 0.3 is 5.97 Å². The summed E-state index contributed by atoms with van der Waals surface area (Å²) in [5.41, 5.74) is 6.53. The third-order valence-corrected chi connectivity index (χ3v) is 7.03. The molecule has 174 valence electrons. The first-order valence-electron chi connectivity index (χ1n) is 11.9. The van der Waals surface area contributed by atoms with Gasteiger partial charge in [-0.25, -0.2) is 9.78 Å². The number of aromatic nitrogens is 1. The van der Waals surface area contributed by atoms with E-state index >= 15 is 0 Å². The van der Waals surface area contributed by atoms with E-state index in [1.165, 1.54) is 11.1 Å². The number of benzene rings is 3. The van der Waals surface area contributed by atoms with Gasteiger partial charge in [0.1, 0.15) is 23.1 Å². The Balaban J connectivity index is 1.47. The van der Waals surface area contributed by atoms with E-state index in [1.807, 2.05) is 50.2 Å². The first kappa shape index (κ1) is 21.4. The number of aryl methyl sites for hydroxylation is 3. The van der Waals surface area contributed by atoms with Crippen molar-refractivity contribution >= 4 is 27.8 Å². The van der Waals surface area contributed by atoms with Crippen LogP contribution in [0.3, 0.4) is 0 Å². The minimum atomic E-state index is -1.02. The molecule has 0 saturated heterocycles. The smallest absolute Gasteiger partial charge is 0.336 e. The predicted molar refractivity (Wildman–Crippen MR) is 136 cm³/mol. The second-order valence-corrected chi connectivity index (χ2v) is 9.27. The molecule has 0 bridgehead atoms. The van der Waals surface area contributed by atoms with Crippen molar-refractivity contribution in [1.82, 2.24) is 4.98 Å². The summed E-state index contributed by atoms with van der Waals surface area (Å²) in [6.45, 7) is 3.91. The molecule has 0 radical (unpaired) electrons. The monoisotopic (exact) mass is 463 g/mol. The number of nitrogens with zero attached hydrogens (tertiary/aromatic N) is 1. The Kier molecular flexibility index (Phi) is 5.06. The molecule has 0 amide bonds. The van der Waals surface area contributed by atoms with E-state index in [9.17, 15) is 9.90 Å². The van der Waals surface area contributed by atoms with Crippen LogP contribution in [-0.4, -0.2) is 22.2 Å². The van der Waals surface area contributed by atoms with Crippen LogP contribution in [0.2, 0.25) is 0 Å². The molecule has 0 unspecified atom stereocenters. The van der Waals surface area contributed by atoms with E-state index in [2.05, 4.69) is 24.3 Å². The topological polar surface area (TPSA) is 72.6 Å². The summed E-state index contributed by atoms with van der Waals surface area (Å²) >= 11 is 0. The Morgan fingerprint density at radius 2 is 1.80 bits per heavy atom. The number of carbonyl (C=O) groups is 1. The van der Waals surface area contributed by atoms with E-state index in [-0.39, 0.29) is 11.7 Å². The maximum atomic E-state index is 12.5. The van der Waals surface area contributed by atoms with Gasteiger partial charge < -0.3 is 14.3 Å². The van der Waals surface area contributed by atoms with Crippen LogP contribution in [0, 0.1) is 13.8 Å². The molecule has 5 nitrogen and oxygen atoms in total. The van der Waals surface area contributed by atoms with Crippen LogP contribution in [0.15, 0.2) is 71.1 Å². The number of rotatable bonds is 4. The SMILES string of the molecule is Cc1c(-c2cc(C(=O)O)c3c(O[C@@H]4CCc5ccccc5C4)ccc(C)c3n2)oc2ccccc12. The number of furan rings is 1. The van der Waals surface area contributed by atoms with Gasteiger partial charge in [-0.15, -0.1) is 0 Å². The highest BCUT2D eigenvalue weighted by Crippen LogP contribution is 2.38. The highest BCUT2D eigenvalue weighted by molar-refractivity contribution is 6.07. The van der Waals surface area contributed by atoms with Crippen molar-refractivity contribution in [2.75, 3.05) is 0 Å². The summed E-state index contributed by atoms with van der Waals surface area (Å²) in [6.07, 6.45) is 2.62. The average Bonchev–Trinajstić information content (AvgIpc) is 3.21. The van der Waals surface area contributed by atoms with Gasteiger partial charge in [0.2, 0.25) is 0 Å². The molecule has 1 aliphatic carbocycles. The molecule has 35 heavy (non-hydrogen) atoms. The van der Waals surface area contributed by atoms with Gasteiger partial charge in [0, 0.05) is 17.4 Å². The molecule has 1 aliphatic rings. The highest BCUT2D eigenvalue weighted by Gasteiger charge is 2.24. The number of carboxylic acid groups (broad SMARTS) is 1. The Bertz CT molecular complexity index is 1610.